The van der Waals surface area contributed by atoms with Crippen molar-refractivity contribution in [1.29, 1.82) is 0 Å². The monoisotopic (exact) mass is 351 g/mol. The lowest BCUT2D eigenvalue weighted by molar-refractivity contribution is -0.119. The molecule has 0 spiro atoms. The SMILES string of the molecule is CC.CCC.O=CN1CCN(C(=O)N/C=C/c2ccc(F)cc2)CC1. The van der Waals surface area contributed by atoms with E-state index in [0.29, 0.717) is 26.2 Å². The molecule has 0 bridgehead atoms. The van der Waals surface area contributed by atoms with Crippen LogP contribution in [0.2, 0.25) is 0 Å². The fraction of sp³-hybridized carbons (Fsp3) is 0.474. The first-order valence-electron chi connectivity index (χ1n) is 8.77. The lowest BCUT2D eigenvalue weighted by Gasteiger charge is -2.32. The topological polar surface area (TPSA) is 52.7 Å². The van der Waals surface area contributed by atoms with Crippen LogP contribution in [0.25, 0.3) is 6.08 Å². The number of carbonyl (C=O) groups excluding carboxylic acids is 2. The van der Waals surface area contributed by atoms with Gasteiger partial charge in [0.05, 0.1) is 0 Å². The standard InChI is InChI=1S/C14H16FN3O2.C3H8.C2H6/c15-13-3-1-12(2-4-13)5-6-16-14(20)18-9-7-17(11-19)8-10-18;1-3-2;1-2/h1-6,11H,7-10H2,(H,16,20);3H2,1-2H3;1-2H3/b6-5+;;. The van der Waals surface area contributed by atoms with Gasteiger partial charge in [-0.3, -0.25) is 4.79 Å². The van der Waals surface area contributed by atoms with Crippen molar-refractivity contribution in [3.63, 3.8) is 0 Å². The number of nitrogens with one attached hydrogen (secondary N) is 1. The number of piperazine rings is 1. The van der Waals surface area contributed by atoms with Gasteiger partial charge in [0, 0.05) is 32.4 Å². The minimum Gasteiger partial charge on any atom is -0.342 e. The van der Waals surface area contributed by atoms with Crippen LogP contribution in [0.15, 0.2) is 30.5 Å². The summed E-state index contributed by atoms with van der Waals surface area (Å²) in [5, 5.41) is 2.65. The van der Waals surface area contributed by atoms with Gasteiger partial charge in [0.15, 0.2) is 0 Å². The maximum absolute atomic E-state index is 12.7. The highest BCUT2D eigenvalue weighted by atomic mass is 19.1. The number of nitrogens with zero attached hydrogens (tertiary/aromatic N) is 2. The first kappa shape index (κ1) is 22.6. The van der Waals surface area contributed by atoms with Gasteiger partial charge in [-0.05, 0) is 23.8 Å². The molecule has 1 N–H and O–H groups in total. The summed E-state index contributed by atoms with van der Waals surface area (Å²) < 4.78 is 12.7. The van der Waals surface area contributed by atoms with Crippen LogP contribution in [0.5, 0.6) is 0 Å². The second-order valence-corrected chi connectivity index (χ2v) is 5.17. The van der Waals surface area contributed by atoms with Crippen LogP contribution < -0.4 is 5.32 Å². The zero-order valence-electron chi connectivity index (χ0n) is 15.7. The fourth-order valence-electron chi connectivity index (χ4n) is 1.90. The molecule has 1 saturated heterocycles. The number of amides is 3. The third-order valence-electron chi connectivity index (χ3n) is 3.10. The Hall–Kier alpha value is -2.37. The highest BCUT2D eigenvalue weighted by molar-refractivity contribution is 5.76. The summed E-state index contributed by atoms with van der Waals surface area (Å²) in [6.45, 7) is 10.4. The molecule has 140 valence electrons. The van der Waals surface area contributed by atoms with Crippen LogP contribution in [0.4, 0.5) is 9.18 Å². The van der Waals surface area contributed by atoms with Crippen molar-refractivity contribution in [2.75, 3.05) is 26.2 Å². The third-order valence-corrected chi connectivity index (χ3v) is 3.10. The average Bonchev–Trinajstić information content (AvgIpc) is 2.65. The molecule has 1 aromatic carbocycles. The Morgan fingerprint density at radius 2 is 1.64 bits per heavy atom. The zero-order chi connectivity index (χ0) is 19.1. The van der Waals surface area contributed by atoms with Gasteiger partial charge in [0.1, 0.15) is 5.82 Å². The number of hydrogen-bond donors (Lipinski definition) is 1. The van der Waals surface area contributed by atoms with E-state index in [1.807, 2.05) is 13.8 Å². The quantitative estimate of drug-likeness (QED) is 0.844. The van der Waals surface area contributed by atoms with Crippen LogP contribution in [0.3, 0.4) is 0 Å². The lowest BCUT2D eigenvalue weighted by atomic mass is 10.2. The zero-order valence-corrected chi connectivity index (χ0v) is 15.7. The third kappa shape index (κ3) is 9.49. The summed E-state index contributed by atoms with van der Waals surface area (Å²) in [7, 11) is 0. The highest BCUT2D eigenvalue weighted by Crippen LogP contribution is 2.04. The van der Waals surface area contributed by atoms with E-state index >= 15 is 0 Å². The van der Waals surface area contributed by atoms with E-state index in [-0.39, 0.29) is 11.8 Å². The molecule has 0 radical (unpaired) electrons. The van der Waals surface area contributed by atoms with Gasteiger partial charge in [-0.2, -0.15) is 0 Å². The summed E-state index contributed by atoms with van der Waals surface area (Å²) in [5.41, 5.74) is 0.803. The molecule has 0 aromatic heterocycles. The van der Waals surface area contributed by atoms with Gasteiger partial charge in [0.2, 0.25) is 6.41 Å². The van der Waals surface area contributed by atoms with Gasteiger partial charge in [-0.15, -0.1) is 0 Å². The second kappa shape index (κ2) is 14.0. The van der Waals surface area contributed by atoms with E-state index in [0.717, 1.165) is 12.0 Å². The predicted molar refractivity (Wildman–Crippen MR) is 100 cm³/mol. The van der Waals surface area contributed by atoms with Crippen LogP contribution in [-0.4, -0.2) is 48.4 Å². The van der Waals surface area contributed by atoms with Crippen LogP contribution in [0.1, 0.15) is 39.7 Å². The van der Waals surface area contributed by atoms with Gasteiger partial charge in [-0.25, -0.2) is 9.18 Å². The molecule has 1 fully saturated rings. The summed E-state index contributed by atoms with van der Waals surface area (Å²) in [6.07, 6.45) is 5.27. The van der Waals surface area contributed by atoms with Gasteiger partial charge < -0.3 is 15.1 Å². The molecule has 1 aliphatic heterocycles. The Labute approximate surface area is 150 Å². The lowest BCUT2D eigenvalue weighted by Crippen LogP contribution is -2.50. The number of urea groups is 1. The molecule has 0 aliphatic carbocycles. The molecule has 1 aliphatic rings. The molecule has 5 nitrogen and oxygen atoms in total. The molecule has 3 amide bonds. The molecule has 0 unspecified atom stereocenters. The van der Waals surface area contributed by atoms with Gasteiger partial charge in [-0.1, -0.05) is 46.2 Å². The van der Waals surface area contributed by atoms with E-state index in [9.17, 15) is 14.0 Å². The smallest absolute Gasteiger partial charge is 0.321 e. The molecular weight excluding hydrogens is 321 g/mol. The molecule has 2 rings (SSSR count). The normalized spacial score (nSPS) is 13.3. The van der Waals surface area contributed by atoms with Crippen LogP contribution >= 0.6 is 0 Å². The summed E-state index contributed by atoms with van der Waals surface area (Å²) in [5.74, 6) is -0.292. The van der Waals surface area contributed by atoms with Crippen molar-refractivity contribution in [3.05, 3.63) is 41.8 Å². The van der Waals surface area contributed by atoms with Crippen LogP contribution in [0, 0.1) is 5.82 Å². The second-order valence-electron chi connectivity index (χ2n) is 5.17. The van der Waals surface area contributed by atoms with Crippen molar-refractivity contribution in [1.82, 2.24) is 15.1 Å². The first-order valence-corrected chi connectivity index (χ1v) is 8.77. The number of carbonyl (C=O) groups is 2. The Morgan fingerprint density at radius 3 is 2.12 bits per heavy atom. The molecule has 0 atom stereocenters. The summed E-state index contributed by atoms with van der Waals surface area (Å²) in [6, 6.07) is 5.77. The highest BCUT2D eigenvalue weighted by Gasteiger charge is 2.18. The Kier molecular flexibility index (Phi) is 12.7. The molecular formula is C19H30FN3O2. The average molecular weight is 351 g/mol. The summed E-state index contributed by atoms with van der Waals surface area (Å²) in [4.78, 5) is 25.7. The molecule has 1 aromatic rings. The van der Waals surface area contributed by atoms with E-state index in [2.05, 4.69) is 19.2 Å². The number of rotatable bonds is 3. The maximum atomic E-state index is 12.7. The van der Waals surface area contributed by atoms with E-state index in [4.69, 9.17) is 0 Å². The largest absolute Gasteiger partial charge is 0.342 e. The molecule has 25 heavy (non-hydrogen) atoms. The molecule has 0 saturated carbocycles. The Morgan fingerprint density at radius 1 is 1.12 bits per heavy atom. The fourth-order valence-corrected chi connectivity index (χ4v) is 1.90. The maximum Gasteiger partial charge on any atom is 0.321 e. The minimum absolute atomic E-state index is 0.200. The van der Waals surface area contributed by atoms with Crippen molar-refractivity contribution < 1.29 is 14.0 Å². The van der Waals surface area contributed by atoms with Crippen molar-refractivity contribution in [2.45, 2.75) is 34.1 Å². The van der Waals surface area contributed by atoms with Gasteiger partial charge >= 0.3 is 6.03 Å². The predicted octanol–water partition coefficient (Wildman–Crippen LogP) is 3.72. The van der Waals surface area contributed by atoms with Crippen molar-refractivity contribution in [3.8, 4) is 0 Å². The number of halogens is 1. The first-order chi connectivity index (χ1) is 12.1. The minimum atomic E-state index is -0.292. The van der Waals surface area contributed by atoms with Crippen molar-refractivity contribution in [2.24, 2.45) is 0 Å². The molecule has 1 heterocycles. The van der Waals surface area contributed by atoms with E-state index in [1.54, 1.807) is 28.0 Å². The van der Waals surface area contributed by atoms with E-state index in [1.165, 1.54) is 24.8 Å². The summed E-state index contributed by atoms with van der Waals surface area (Å²) >= 11 is 0. The Balaban J connectivity index is 0.00000104. The van der Waals surface area contributed by atoms with Crippen molar-refractivity contribution >= 4 is 18.5 Å². The number of hydrogen-bond acceptors (Lipinski definition) is 2. The Bertz CT molecular complexity index is 510. The van der Waals surface area contributed by atoms with E-state index < -0.39 is 0 Å². The van der Waals surface area contributed by atoms with Crippen LogP contribution in [-0.2, 0) is 4.79 Å². The van der Waals surface area contributed by atoms with Gasteiger partial charge in [0.25, 0.3) is 0 Å². The number of benzene rings is 1. The molecule has 6 heteroatoms.